The van der Waals surface area contributed by atoms with E-state index in [0.29, 0.717) is 5.00 Å². The number of aromatic nitrogens is 1. The third-order valence-electron chi connectivity index (χ3n) is 4.77. The highest BCUT2D eigenvalue weighted by Crippen LogP contribution is 2.38. The molecule has 0 fully saturated rings. The first-order chi connectivity index (χ1) is 13.0. The number of fused-ring (bicyclic) bond motifs is 2. The predicted molar refractivity (Wildman–Crippen MR) is 107 cm³/mol. The summed E-state index contributed by atoms with van der Waals surface area (Å²) >= 11 is 2.53. The summed E-state index contributed by atoms with van der Waals surface area (Å²) in [6, 6.07) is 7.48. The fourth-order valence-corrected chi connectivity index (χ4v) is 5.72. The molecule has 3 aromatic rings. The molecule has 0 unspecified atom stereocenters. The molecule has 0 saturated carbocycles. The molecule has 2 aromatic heterocycles. The van der Waals surface area contributed by atoms with Gasteiger partial charge in [-0.25, -0.2) is 4.79 Å². The molecule has 0 saturated heterocycles. The van der Waals surface area contributed by atoms with Gasteiger partial charge in [0.05, 0.1) is 15.8 Å². The first kappa shape index (κ1) is 17.9. The molecule has 1 aliphatic rings. The summed E-state index contributed by atoms with van der Waals surface area (Å²) in [5.74, 6) is -1.27. The topological polar surface area (TPSA) is 88.4 Å². The van der Waals surface area contributed by atoms with E-state index in [1.807, 2.05) is 24.3 Å². The van der Waals surface area contributed by atoms with E-state index in [1.54, 1.807) is 4.57 Å². The maximum atomic E-state index is 12.4. The molecule has 140 valence electrons. The van der Waals surface area contributed by atoms with Crippen LogP contribution in [0.5, 0.6) is 0 Å². The quantitative estimate of drug-likeness (QED) is 0.681. The van der Waals surface area contributed by atoms with Crippen molar-refractivity contribution in [2.75, 3.05) is 5.32 Å². The van der Waals surface area contributed by atoms with Crippen molar-refractivity contribution in [1.29, 1.82) is 0 Å². The van der Waals surface area contributed by atoms with Crippen molar-refractivity contribution in [3.05, 3.63) is 49.9 Å². The number of hydrogen-bond donors (Lipinski definition) is 2. The van der Waals surface area contributed by atoms with Crippen molar-refractivity contribution in [1.82, 2.24) is 4.57 Å². The van der Waals surface area contributed by atoms with Gasteiger partial charge in [-0.2, -0.15) is 0 Å². The van der Waals surface area contributed by atoms with E-state index in [9.17, 15) is 19.5 Å². The van der Waals surface area contributed by atoms with Crippen LogP contribution in [0.2, 0.25) is 0 Å². The largest absolute Gasteiger partial charge is 0.478 e. The van der Waals surface area contributed by atoms with Gasteiger partial charge in [0, 0.05) is 17.8 Å². The molecule has 0 radical (unpaired) electrons. The molecule has 6 nitrogen and oxygen atoms in total. The van der Waals surface area contributed by atoms with Gasteiger partial charge >= 0.3 is 10.8 Å². The van der Waals surface area contributed by atoms with E-state index in [1.165, 1.54) is 11.3 Å². The van der Waals surface area contributed by atoms with Crippen LogP contribution in [0.15, 0.2) is 29.1 Å². The number of thiophene rings is 1. The van der Waals surface area contributed by atoms with Crippen LogP contribution in [0, 0.1) is 0 Å². The number of aromatic carboxylic acids is 1. The molecule has 2 heterocycles. The minimum atomic E-state index is -0.996. The molecular weight excluding hydrogens is 384 g/mol. The Morgan fingerprint density at radius 2 is 1.93 bits per heavy atom. The number of carbonyl (C=O) groups is 2. The Kier molecular flexibility index (Phi) is 4.84. The summed E-state index contributed by atoms with van der Waals surface area (Å²) in [6.45, 7) is 0.266. The minimum Gasteiger partial charge on any atom is -0.478 e. The first-order valence-electron chi connectivity index (χ1n) is 8.80. The molecule has 0 aliphatic heterocycles. The van der Waals surface area contributed by atoms with Gasteiger partial charge in [-0.1, -0.05) is 23.5 Å². The fourth-order valence-electron chi connectivity index (χ4n) is 3.51. The number of nitrogens with zero attached hydrogens (tertiary/aromatic N) is 1. The molecule has 1 amide bonds. The van der Waals surface area contributed by atoms with E-state index in [0.717, 1.165) is 57.7 Å². The first-order valence-corrected chi connectivity index (χ1v) is 10.4. The number of para-hydroxylation sites is 1. The molecule has 0 spiro atoms. The van der Waals surface area contributed by atoms with Gasteiger partial charge in [-0.15, -0.1) is 11.3 Å². The van der Waals surface area contributed by atoms with Crippen molar-refractivity contribution >= 4 is 49.8 Å². The van der Waals surface area contributed by atoms with Crippen LogP contribution >= 0.6 is 22.7 Å². The number of thiazole rings is 1. The maximum Gasteiger partial charge on any atom is 0.339 e. The third kappa shape index (κ3) is 3.42. The lowest BCUT2D eigenvalue weighted by molar-refractivity contribution is -0.116. The normalized spacial score (nSPS) is 13.5. The summed E-state index contributed by atoms with van der Waals surface area (Å²) in [6.07, 6.45) is 3.76. The lowest BCUT2D eigenvalue weighted by atomic mass is 9.95. The Balaban J connectivity index is 1.52. The average Bonchev–Trinajstić information content (AvgIpc) is 3.16. The lowest BCUT2D eigenvalue weighted by Crippen LogP contribution is -2.19. The van der Waals surface area contributed by atoms with Gasteiger partial charge in [-0.05, 0) is 43.4 Å². The smallest absolute Gasteiger partial charge is 0.339 e. The molecule has 0 bridgehead atoms. The lowest BCUT2D eigenvalue weighted by Gasteiger charge is -2.10. The number of amides is 1. The van der Waals surface area contributed by atoms with Gasteiger partial charge < -0.3 is 10.4 Å². The van der Waals surface area contributed by atoms with Gasteiger partial charge in [-0.3, -0.25) is 14.2 Å². The number of anilines is 1. The zero-order valence-electron chi connectivity index (χ0n) is 14.5. The van der Waals surface area contributed by atoms with Crippen LogP contribution in [0.1, 0.15) is 40.1 Å². The number of carbonyl (C=O) groups excluding carboxylic acids is 1. The Hall–Kier alpha value is -2.45. The van der Waals surface area contributed by atoms with Gasteiger partial charge in [0.25, 0.3) is 0 Å². The number of carboxylic acids is 1. The zero-order chi connectivity index (χ0) is 19.0. The van der Waals surface area contributed by atoms with Crippen LogP contribution in [0.25, 0.3) is 10.2 Å². The molecule has 1 aromatic carbocycles. The Morgan fingerprint density at radius 3 is 2.74 bits per heavy atom. The molecule has 2 N–H and O–H groups in total. The van der Waals surface area contributed by atoms with E-state index >= 15 is 0 Å². The number of carboxylic acid groups (broad SMARTS) is 1. The zero-order valence-corrected chi connectivity index (χ0v) is 16.1. The van der Waals surface area contributed by atoms with Gasteiger partial charge in [0.2, 0.25) is 5.91 Å². The van der Waals surface area contributed by atoms with Gasteiger partial charge in [0.15, 0.2) is 0 Å². The van der Waals surface area contributed by atoms with Crippen LogP contribution in [0.3, 0.4) is 0 Å². The van der Waals surface area contributed by atoms with Crippen molar-refractivity contribution in [3.63, 3.8) is 0 Å². The van der Waals surface area contributed by atoms with Crippen molar-refractivity contribution < 1.29 is 14.7 Å². The highest BCUT2D eigenvalue weighted by molar-refractivity contribution is 7.17. The van der Waals surface area contributed by atoms with Crippen molar-refractivity contribution in [2.24, 2.45) is 0 Å². The molecule has 4 rings (SSSR count). The monoisotopic (exact) mass is 402 g/mol. The standard InChI is InChI=1S/C19H18N2O4S2/c22-15(9-10-21-12-6-2-4-8-14(12)27-19(21)25)20-17-16(18(23)24)11-5-1-3-7-13(11)26-17/h2,4,6,8H,1,3,5,7,9-10H2,(H,20,22)(H,23,24). The van der Waals surface area contributed by atoms with Crippen LogP contribution in [-0.4, -0.2) is 21.6 Å². The third-order valence-corrected chi connectivity index (χ3v) is 6.94. The second kappa shape index (κ2) is 7.28. The molecular formula is C19H18N2O4S2. The summed E-state index contributed by atoms with van der Waals surface area (Å²) in [5.41, 5.74) is 1.92. The Bertz CT molecular complexity index is 1090. The molecule has 27 heavy (non-hydrogen) atoms. The summed E-state index contributed by atoms with van der Waals surface area (Å²) in [4.78, 5) is 37.2. The minimum absolute atomic E-state index is 0.0955. The van der Waals surface area contributed by atoms with E-state index in [2.05, 4.69) is 5.32 Å². The van der Waals surface area contributed by atoms with Crippen LogP contribution < -0.4 is 10.2 Å². The molecule has 8 heteroatoms. The number of nitrogens with one attached hydrogen (secondary N) is 1. The number of hydrogen-bond acceptors (Lipinski definition) is 5. The summed E-state index contributed by atoms with van der Waals surface area (Å²) in [7, 11) is 0. The predicted octanol–water partition coefficient (Wildman–Crippen LogP) is 3.73. The van der Waals surface area contributed by atoms with Crippen LogP contribution in [-0.2, 0) is 24.2 Å². The summed E-state index contributed by atoms with van der Waals surface area (Å²) < 4.78 is 2.49. The molecule has 0 atom stereocenters. The second-order valence-corrected chi connectivity index (χ2v) is 8.60. The van der Waals surface area contributed by atoms with Crippen molar-refractivity contribution in [3.8, 4) is 0 Å². The molecule has 1 aliphatic carbocycles. The number of aryl methyl sites for hydroxylation is 2. The van der Waals surface area contributed by atoms with Crippen LogP contribution in [0.4, 0.5) is 5.00 Å². The highest BCUT2D eigenvalue weighted by Gasteiger charge is 2.26. The Morgan fingerprint density at radius 1 is 1.15 bits per heavy atom. The number of benzene rings is 1. The average molecular weight is 402 g/mol. The van der Waals surface area contributed by atoms with Gasteiger partial charge in [0.1, 0.15) is 5.00 Å². The highest BCUT2D eigenvalue weighted by atomic mass is 32.1. The number of rotatable bonds is 5. The SMILES string of the molecule is O=C(CCn1c(=O)sc2ccccc21)Nc1sc2c(c1C(=O)O)CCCC2. The van der Waals surface area contributed by atoms with E-state index < -0.39 is 5.97 Å². The second-order valence-electron chi connectivity index (χ2n) is 6.51. The fraction of sp³-hybridized carbons (Fsp3) is 0.316. The van der Waals surface area contributed by atoms with E-state index in [-0.39, 0.29) is 29.3 Å². The maximum absolute atomic E-state index is 12.4. The summed E-state index contributed by atoms with van der Waals surface area (Å²) in [5, 5.41) is 12.8. The van der Waals surface area contributed by atoms with Crippen molar-refractivity contribution in [2.45, 2.75) is 38.6 Å². The van der Waals surface area contributed by atoms with E-state index in [4.69, 9.17) is 0 Å². The Labute approximate surface area is 163 Å².